The van der Waals surface area contributed by atoms with E-state index in [0.717, 1.165) is 42.9 Å². The Morgan fingerprint density at radius 3 is 2.40 bits per heavy atom. The average molecular weight is 484 g/mol. The third kappa shape index (κ3) is 5.22. The van der Waals surface area contributed by atoms with Crippen LogP contribution < -0.4 is 15.5 Å². The highest BCUT2D eigenvalue weighted by Gasteiger charge is 2.35. The molecule has 0 saturated carbocycles. The first-order valence-electron chi connectivity index (χ1n) is 10.8. The van der Waals surface area contributed by atoms with Gasteiger partial charge in [0.25, 0.3) is 5.82 Å². The van der Waals surface area contributed by atoms with Gasteiger partial charge in [-0.25, -0.2) is 24.0 Å². The maximum Gasteiger partial charge on any atom is 0.453 e. The summed E-state index contributed by atoms with van der Waals surface area (Å²) < 4.78 is 53.6. The Balaban J connectivity index is 1.33. The number of alkyl halides is 3. The van der Waals surface area contributed by atoms with Gasteiger partial charge in [-0.15, -0.1) is 5.10 Å². The summed E-state index contributed by atoms with van der Waals surface area (Å²) in [6, 6.07) is 13.1. The van der Waals surface area contributed by atoms with Crippen LogP contribution in [0.4, 0.5) is 34.9 Å². The highest BCUT2D eigenvalue weighted by molar-refractivity contribution is 5.67. The van der Waals surface area contributed by atoms with E-state index < -0.39 is 12.0 Å². The minimum atomic E-state index is -4.61. The lowest BCUT2D eigenvalue weighted by Gasteiger charge is -2.29. The van der Waals surface area contributed by atoms with E-state index in [1.54, 1.807) is 36.5 Å². The van der Waals surface area contributed by atoms with Crippen LogP contribution in [0.3, 0.4) is 0 Å². The van der Waals surface area contributed by atoms with E-state index in [2.05, 4.69) is 35.6 Å². The van der Waals surface area contributed by atoms with Crippen molar-refractivity contribution in [3.8, 4) is 16.9 Å². The molecule has 5 rings (SSSR count). The standard InChI is InChI=1S/C23H20F4N8/c24-16-11-15(12-19(13-16)34-9-7-28-8-10-34)20-5-6-29-22(32-20)31-17-1-3-18(4-2-17)35-14-30-21(33-35)23(25,26)27/h1-6,11-14,28H,7-10H2,(H,29,31,32). The number of piperazine rings is 1. The van der Waals surface area contributed by atoms with Crippen molar-refractivity contribution < 1.29 is 17.6 Å². The van der Waals surface area contributed by atoms with Crippen molar-refractivity contribution in [2.75, 3.05) is 36.4 Å². The Bertz CT molecular complexity index is 1310. The van der Waals surface area contributed by atoms with Crippen LogP contribution in [0.1, 0.15) is 5.82 Å². The van der Waals surface area contributed by atoms with Gasteiger partial charge in [0.05, 0.1) is 11.4 Å². The van der Waals surface area contributed by atoms with Crippen molar-refractivity contribution in [2.45, 2.75) is 6.18 Å². The zero-order chi connectivity index (χ0) is 24.4. The van der Waals surface area contributed by atoms with Crippen LogP contribution in [-0.4, -0.2) is 50.9 Å². The highest BCUT2D eigenvalue weighted by atomic mass is 19.4. The zero-order valence-electron chi connectivity index (χ0n) is 18.3. The normalized spacial score (nSPS) is 14.2. The van der Waals surface area contributed by atoms with E-state index in [1.807, 2.05) is 6.07 Å². The average Bonchev–Trinajstić information content (AvgIpc) is 3.36. The molecule has 1 saturated heterocycles. The maximum absolute atomic E-state index is 14.4. The molecule has 0 atom stereocenters. The minimum Gasteiger partial charge on any atom is -0.369 e. The number of nitrogens with one attached hydrogen (secondary N) is 2. The van der Waals surface area contributed by atoms with Crippen LogP contribution in [0.5, 0.6) is 0 Å². The van der Waals surface area contributed by atoms with Crippen molar-refractivity contribution in [2.24, 2.45) is 0 Å². The highest BCUT2D eigenvalue weighted by Crippen LogP contribution is 2.28. The molecular weight excluding hydrogens is 464 g/mol. The molecule has 1 aliphatic heterocycles. The van der Waals surface area contributed by atoms with E-state index in [0.29, 0.717) is 28.6 Å². The van der Waals surface area contributed by atoms with E-state index >= 15 is 0 Å². The van der Waals surface area contributed by atoms with E-state index in [-0.39, 0.29) is 5.82 Å². The van der Waals surface area contributed by atoms with Gasteiger partial charge in [-0.3, -0.25) is 0 Å². The van der Waals surface area contributed by atoms with Crippen molar-refractivity contribution in [1.82, 2.24) is 30.0 Å². The predicted molar refractivity (Wildman–Crippen MR) is 122 cm³/mol. The van der Waals surface area contributed by atoms with Crippen LogP contribution in [0, 0.1) is 5.82 Å². The number of anilines is 3. The number of aromatic nitrogens is 5. The summed E-state index contributed by atoms with van der Waals surface area (Å²) in [5.41, 5.74) is 3.01. The molecule has 1 fully saturated rings. The summed E-state index contributed by atoms with van der Waals surface area (Å²) in [5, 5.41) is 9.79. The van der Waals surface area contributed by atoms with Crippen LogP contribution in [0.15, 0.2) is 61.1 Å². The van der Waals surface area contributed by atoms with E-state index in [4.69, 9.17) is 0 Å². The SMILES string of the molecule is Fc1cc(-c2ccnc(Nc3ccc(-n4cnc(C(F)(F)F)n4)cc3)n2)cc(N2CCNCC2)c1. The monoisotopic (exact) mass is 484 g/mol. The number of halogens is 4. The third-order valence-electron chi connectivity index (χ3n) is 5.45. The molecule has 35 heavy (non-hydrogen) atoms. The summed E-state index contributed by atoms with van der Waals surface area (Å²) >= 11 is 0. The molecule has 2 aromatic heterocycles. The topological polar surface area (TPSA) is 83.8 Å². The first kappa shape index (κ1) is 22.7. The van der Waals surface area contributed by atoms with E-state index in [9.17, 15) is 17.6 Å². The second-order valence-electron chi connectivity index (χ2n) is 7.88. The molecule has 4 aromatic rings. The summed E-state index contributed by atoms with van der Waals surface area (Å²) in [4.78, 5) is 14.1. The first-order valence-corrected chi connectivity index (χ1v) is 10.8. The van der Waals surface area contributed by atoms with Crippen molar-refractivity contribution in [1.29, 1.82) is 0 Å². The van der Waals surface area contributed by atoms with Gasteiger partial charge in [0.15, 0.2) is 0 Å². The molecule has 2 aromatic carbocycles. The molecule has 0 amide bonds. The van der Waals surface area contributed by atoms with Crippen LogP contribution in [0.2, 0.25) is 0 Å². The van der Waals surface area contributed by atoms with Crippen LogP contribution >= 0.6 is 0 Å². The molecule has 0 spiro atoms. The number of rotatable bonds is 5. The van der Waals surface area contributed by atoms with Gasteiger partial charge >= 0.3 is 6.18 Å². The predicted octanol–water partition coefficient (Wildman–Crippen LogP) is 4.04. The van der Waals surface area contributed by atoms with Gasteiger partial charge in [0.1, 0.15) is 12.1 Å². The lowest BCUT2D eigenvalue weighted by atomic mass is 10.1. The fourth-order valence-electron chi connectivity index (χ4n) is 3.75. The summed E-state index contributed by atoms with van der Waals surface area (Å²) in [7, 11) is 0. The molecule has 1 aliphatic rings. The van der Waals surface area contributed by atoms with Crippen LogP contribution in [-0.2, 0) is 6.18 Å². The van der Waals surface area contributed by atoms with Gasteiger partial charge < -0.3 is 15.5 Å². The molecular formula is C23H20F4N8. The molecule has 0 unspecified atom stereocenters. The van der Waals surface area contributed by atoms with E-state index in [1.165, 1.54) is 12.1 Å². The van der Waals surface area contributed by atoms with Gasteiger partial charge in [-0.05, 0) is 48.5 Å². The Morgan fingerprint density at radius 2 is 1.69 bits per heavy atom. The van der Waals surface area contributed by atoms with Crippen molar-refractivity contribution >= 4 is 17.3 Å². The number of nitrogens with zero attached hydrogens (tertiary/aromatic N) is 6. The second kappa shape index (κ2) is 9.29. The van der Waals surface area contributed by atoms with Gasteiger partial charge in [0.2, 0.25) is 5.95 Å². The lowest BCUT2D eigenvalue weighted by Crippen LogP contribution is -2.43. The Hall–Kier alpha value is -4.06. The number of hydrogen-bond donors (Lipinski definition) is 2. The smallest absolute Gasteiger partial charge is 0.369 e. The molecule has 0 aliphatic carbocycles. The molecule has 8 nitrogen and oxygen atoms in total. The molecule has 2 N–H and O–H groups in total. The van der Waals surface area contributed by atoms with Gasteiger partial charge in [-0.2, -0.15) is 13.2 Å². The Morgan fingerprint density at radius 1 is 0.914 bits per heavy atom. The summed E-state index contributed by atoms with van der Waals surface area (Å²) in [5.74, 6) is -1.26. The Labute approximate surface area is 197 Å². The molecule has 12 heteroatoms. The summed E-state index contributed by atoms with van der Waals surface area (Å²) in [6.07, 6.45) is -2.03. The zero-order valence-corrected chi connectivity index (χ0v) is 18.3. The van der Waals surface area contributed by atoms with Crippen LogP contribution in [0.25, 0.3) is 16.9 Å². The number of benzene rings is 2. The molecule has 0 radical (unpaired) electrons. The van der Waals surface area contributed by atoms with Gasteiger partial charge in [0, 0.05) is 49.3 Å². The fourth-order valence-corrected chi connectivity index (χ4v) is 3.75. The molecule has 0 bridgehead atoms. The minimum absolute atomic E-state index is 0.295. The fraction of sp³-hybridized carbons (Fsp3) is 0.217. The van der Waals surface area contributed by atoms with Crippen molar-refractivity contribution in [3.05, 3.63) is 72.7 Å². The first-order chi connectivity index (χ1) is 16.8. The van der Waals surface area contributed by atoms with Gasteiger partial charge in [-0.1, -0.05) is 0 Å². The largest absolute Gasteiger partial charge is 0.453 e. The Kier molecular flexibility index (Phi) is 6.03. The second-order valence-corrected chi connectivity index (χ2v) is 7.88. The lowest BCUT2D eigenvalue weighted by molar-refractivity contribution is -0.144. The quantitative estimate of drug-likeness (QED) is 0.414. The molecule has 180 valence electrons. The maximum atomic E-state index is 14.4. The van der Waals surface area contributed by atoms with Crippen molar-refractivity contribution in [3.63, 3.8) is 0 Å². The summed E-state index contributed by atoms with van der Waals surface area (Å²) in [6.45, 7) is 3.27. The number of hydrogen-bond acceptors (Lipinski definition) is 7. The third-order valence-corrected chi connectivity index (χ3v) is 5.45. The molecule has 3 heterocycles.